The number of hydroxylamine groups is 2. The van der Waals surface area contributed by atoms with Crippen molar-refractivity contribution >= 4 is 17.8 Å². The van der Waals surface area contributed by atoms with Crippen molar-refractivity contribution in [2.45, 2.75) is 31.2 Å². The molecule has 0 bridgehead atoms. The smallest absolute Gasteiger partial charge is 0.329 e. The molecule has 7 heteroatoms. The third-order valence-corrected chi connectivity index (χ3v) is 5.95. The zero-order chi connectivity index (χ0) is 21.8. The Kier molecular flexibility index (Phi) is 6.16. The molecular weight excluding hydrogens is 396 g/mol. The summed E-state index contributed by atoms with van der Waals surface area (Å²) in [4.78, 5) is 43.0. The van der Waals surface area contributed by atoms with Crippen molar-refractivity contribution in [3.8, 4) is 11.1 Å². The maximum Gasteiger partial charge on any atom is 0.329 e. The number of carboxylic acids is 1. The highest BCUT2D eigenvalue weighted by Gasteiger charge is 2.33. The van der Waals surface area contributed by atoms with E-state index in [-0.39, 0.29) is 24.9 Å². The minimum atomic E-state index is -1.30. The highest BCUT2D eigenvalue weighted by molar-refractivity contribution is 5.84. The van der Waals surface area contributed by atoms with E-state index in [1.807, 2.05) is 48.5 Å². The molecule has 1 unspecified atom stereocenters. The number of aliphatic carboxylic acids is 1. The van der Waals surface area contributed by atoms with E-state index in [4.69, 9.17) is 4.84 Å². The lowest BCUT2D eigenvalue weighted by atomic mass is 9.98. The Labute approximate surface area is 180 Å². The molecule has 1 fully saturated rings. The second-order valence-electron chi connectivity index (χ2n) is 7.78. The summed E-state index contributed by atoms with van der Waals surface area (Å²) < 4.78 is 0. The number of hydrogen-bond donors (Lipinski definition) is 1. The van der Waals surface area contributed by atoms with E-state index in [2.05, 4.69) is 0 Å². The van der Waals surface area contributed by atoms with E-state index in [1.165, 1.54) is 0 Å². The van der Waals surface area contributed by atoms with Crippen molar-refractivity contribution in [1.29, 1.82) is 0 Å². The van der Waals surface area contributed by atoms with Crippen LogP contribution in [-0.4, -0.2) is 58.6 Å². The van der Waals surface area contributed by atoms with Gasteiger partial charge in [-0.05, 0) is 35.1 Å². The first-order valence-corrected chi connectivity index (χ1v) is 10.4. The Morgan fingerprint density at radius 3 is 2.23 bits per heavy atom. The van der Waals surface area contributed by atoms with Crippen LogP contribution in [0.25, 0.3) is 11.1 Å². The van der Waals surface area contributed by atoms with Gasteiger partial charge in [-0.2, -0.15) is 0 Å². The van der Waals surface area contributed by atoms with Gasteiger partial charge in [-0.15, -0.1) is 0 Å². The lowest BCUT2D eigenvalue weighted by molar-refractivity contribution is -0.180. The molecule has 4 rings (SSSR count). The molecule has 1 atom stereocenters. The monoisotopic (exact) mass is 420 g/mol. The van der Waals surface area contributed by atoms with Crippen molar-refractivity contribution in [2.24, 2.45) is 0 Å². The van der Waals surface area contributed by atoms with Gasteiger partial charge in [0.05, 0.1) is 13.0 Å². The molecule has 2 aromatic carbocycles. The van der Waals surface area contributed by atoms with Crippen LogP contribution >= 0.6 is 0 Å². The third kappa shape index (κ3) is 4.24. The highest BCUT2D eigenvalue weighted by atomic mass is 16.7. The Balaban J connectivity index is 1.53. The molecule has 2 aliphatic rings. The first kappa shape index (κ1) is 20.8. The van der Waals surface area contributed by atoms with Gasteiger partial charge in [0, 0.05) is 19.0 Å². The fourth-order valence-corrected chi connectivity index (χ4v) is 4.42. The molecule has 1 aliphatic heterocycles. The Morgan fingerprint density at radius 1 is 1.10 bits per heavy atom. The zero-order valence-electron chi connectivity index (χ0n) is 17.1. The summed E-state index contributed by atoms with van der Waals surface area (Å²) in [6, 6.07) is 14.7. The molecule has 0 radical (unpaired) electrons. The predicted molar refractivity (Wildman–Crippen MR) is 114 cm³/mol. The summed E-state index contributed by atoms with van der Waals surface area (Å²) in [5, 5.41) is 10.7. The maximum absolute atomic E-state index is 12.5. The van der Waals surface area contributed by atoms with Gasteiger partial charge in [-0.3, -0.25) is 9.63 Å². The average molecular weight is 420 g/mol. The fourth-order valence-electron chi connectivity index (χ4n) is 4.42. The number of benzene rings is 2. The minimum absolute atomic E-state index is 0.112. The van der Waals surface area contributed by atoms with Gasteiger partial charge in [-0.1, -0.05) is 48.5 Å². The molecule has 2 aromatic rings. The van der Waals surface area contributed by atoms with E-state index in [0.29, 0.717) is 13.1 Å². The molecule has 31 heavy (non-hydrogen) atoms. The zero-order valence-corrected chi connectivity index (χ0v) is 17.1. The Bertz CT molecular complexity index is 979. The summed E-state index contributed by atoms with van der Waals surface area (Å²) in [7, 11) is 0. The topological polar surface area (TPSA) is 87.2 Å². The van der Waals surface area contributed by atoms with Crippen LogP contribution in [-0.2, 0) is 19.2 Å². The van der Waals surface area contributed by atoms with Crippen molar-refractivity contribution < 1.29 is 24.3 Å². The lowest BCUT2D eigenvalue weighted by Crippen LogP contribution is -2.43. The van der Waals surface area contributed by atoms with Gasteiger partial charge in [0.2, 0.25) is 5.91 Å². The minimum Gasteiger partial charge on any atom is -0.480 e. The van der Waals surface area contributed by atoms with Gasteiger partial charge in [0.15, 0.2) is 6.04 Å². The second kappa shape index (κ2) is 9.16. The summed E-state index contributed by atoms with van der Waals surface area (Å²) >= 11 is 0. The van der Waals surface area contributed by atoms with Crippen molar-refractivity contribution in [2.75, 3.05) is 19.7 Å². The normalized spacial score (nSPS) is 15.7. The largest absolute Gasteiger partial charge is 0.480 e. The molecule has 1 aliphatic carbocycles. The number of carbonyl (C=O) groups excluding carboxylic acids is 2. The molecule has 1 amide bonds. The first-order valence-electron chi connectivity index (χ1n) is 10.4. The standard InChI is InChI=1S/C24H24N2O5/c27-14-13-26(22(24(29)30)15-23(28)25-11-5-6-12-25)31-16-21-19-9-3-1-7-17(19)18-8-2-4-10-20(18)21/h1-4,7-10,13,21-22H,5-6,11-12,15-16H2,(H,29,30). The summed E-state index contributed by atoms with van der Waals surface area (Å²) in [6.45, 7) is 1.39. The van der Waals surface area contributed by atoms with Crippen molar-refractivity contribution in [3.63, 3.8) is 0 Å². The number of amides is 1. The number of carbonyl (C=O) groups is 2. The molecule has 1 saturated heterocycles. The number of hydrogen-bond acceptors (Lipinski definition) is 5. The van der Waals surface area contributed by atoms with Crippen LogP contribution in [0.15, 0.2) is 54.7 Å². The van der Waals surface area contributed by atoms with Crippen LogP contribution in [0.1, 0.15) is 36.3 Å². The summed E-state index contributed by atoms with van der Waals surface area (Å²) in [6.07, 6.45) is 2.48. The molecule has 7 nitrogen and oxygen atoms in total. The van der Waals surface area contributed by atoms with E-state index in [9.17, 15) is 19.5 Å². The Morgan fingerprint density at radius 2 is 1.68 bits per heavy atom. The Hall–Kier alpha value is -3.41. The van der Waals surface area contributed by atoms with Crippen LogP contribution in [0.3, 0.4) is 0 Å². The van der Waals surface area contributed by atoms with Crippen LogP contribution in [0.4, 0.5) is 0 Å². The molecular formula is C24H24N2O5. The molecule has 0 spiro atoms. The molecule has 0 aromatic heterocycles. The van der Waals surface area contributed by atoms with E-state index in [1.54, 1.807) is 10.8 Å². The van der Waals surface area contributed by atoms with Crippen molar-refractivity contribution in [1.82, 2.24) is 9.96 Å². The van der Waals surface area contributed by atoms with Gasteiger partial charge >= 0.3 is 5.97 Å². The highest BCUT2D eigenvalue weighted by Crippen LogP contribution is 2.44. The molecule has 0 saturated carbocycles. The second-order valence-corrected chi connectivity index (χ2v) is 7.78. The summed E-state index contributed by atoms with van der Waals surface area (Å²) in [5.74, 6) is -0.000545. The summed E-state index contributed by atoms with van der Waals surface area (Å²) in [5.41, 5.74) is 4.39. The number of nitrogens with zero attached hydrogens (tertiary/aromatic N) is 2. The number of fused-ring (bicyclic) bond motifs is 3. The van der Waals surface area contributed by atoms with Crippen molar-refractivity contribution in [3.05, 3.63) is 65.9 Å². The average Bonchev–Trinajstić information content (AvgIpc) is 3.42. The molecule has 1 N–H and O–H groups in total. The van der Waals surface area contributed by atoms with Crippen LogP contribution < -0.4 is 0 Å². The first-order chi connectivity index (χ1) is 15.1. The van der Waals surface area contributed by atoms with Crippen LogP contribution in [0.2, 0.25) is 0 Å². The van der Waals surface area contributed by atoms with E-state index < -0.39 is 12.0 Å². The number of rotatable bonds is 8. The van der Waals surface area contributed by atoms with Gasteiger partial charge < -0.3 is 10.0 Å². The SMILES string of the molecule is O=C=CN(OCC1c2ccccc2-c2ccccc21)C(CC(=O)N1CCCC1)C(=O)O. The van der Waals surface area contributed by atoms with E-state index in [0.717, 1.165) is 46.4 Å². The fraction of sp³-hybridized carbons (Fsp3) is 0.333. The van der Waals surface area contributed by atoms with Gasteiger partial charge in [-0.25, -0.2) is 14.7 Å². The predicted octanol–water partition coefficient (Wildman–Crippen LogP) is 2.84. The third-order valence-electron chi connectivity index (χ3n) is 5.95. The number of carboxylic acid groups (broad SMARTS) is 1. The maximum atomic E-state index is 12.5. The molecule has 160 valence electrons. The van der Waals surface area contributed by atoms with Crippen LogP contribution in [0, 0.1) is 0 Å². The quantitative estimate of drug-likeness (QED) is 0.522. The van der Waals surface area contributed by atoms with Gasteiger partial charge in [0.1, 0.15) is 12.1 Å². The number of likely N-dealkylation sites (tertiary alicyclic amines) is 1. The van der Waals surface area contributed by atoms with Crippen LogP contribution in [0.5, 0.6) is 0 Å². The van der Waals surface area contributed by atoms with E-state index >= 15 is 0 Å². The lowest BCUT2D eigenvalue weighted by Gasteiger charge is -2.28. The molecule has 1 heterocycles. The van der Waals surface area contributed by atoms with Gasteiger partial charge in [0.25, 0.3) is 0 Å².